The van der Waals surface area contributed by atoms with Crippen LogP contribution in [0.15, 0.2) is 12.2 Å². The summed E-state index contributed by atoms with van der Waals surface area (Å²) < 4.78 is 5.16. The molecule has 2 bridgehead atoms. The van der Waals surface area contributed by atoms with Crippen molar-refractivity contribution in [3.8, 4) is 0 Å². The summed E-state index contributed by atoms with van der Waals surface area (Å²) >= 11 is 0. The van der Waals surface area contributed by atoms with Gasteiger partial charge in [-0.05, 0) is 49.0 Å². The SMILES string of the molecule is COCCC(C)(C)CNCC1CC2C=CC1C2. The molecule has 17 heavy (non-hydrogen) atoms. The molecule has 0 aromatic rings. The van der Waals surface area contributed by atoms with Gasteiger partial charge in [0.25, 0.3) is 0 Å². The van der Waals surface area contributed by atoms with E-state index in [4.69, 9.17) is 4.74 Å². The van der Waals surface area contributed by atoms with Crippen molar-refractivity contribution < 1.29 is 4.74 Å². The molecule has 3 atom stereocenters. The third-order valence-electron chi connectivity index (χ3n) is 4.41. The van der Waals surface area contributed by atoms with Crippen LogP contribution in [0.4, 0.5) is 0 Å². The molecule has 0 aromatic carbocycles. The standard InChI is InChI=1S/C15H27NO/c1-15(2,6-7-17-3)11-16-10-14-9-12-4-5-13(14)8-12/h4-5,12-14,16H,6-11H2,1-3H3. The van der Waals surface area contributed by atoms with Gasteiger partial charge >= 0.3 is 0 Å². The minimum absolute atomic E-state index is 0.351. The molecule has 1 N–H and O–H groups in total. The molecule has 2 heteroatoms. The Morgan fingerprint density at radius 3 is 2.71 bits per heavy atom. The average Bonchev–Trinajstić information content (AvgIpc) is 2.88. The summed E-state index contributed by atoms with van der Waals surface area (Å²) in [5.74, 6) is 2.66. The molecule has 0 spiro atoms. The first kappa shape index (κ1) is 13.1. The lowest BCUT2D eigenvalue weighted by atomic mass is 9.88. The molecule has 1 saturated carbocycles. The van der Waals surface area contributed by atoms with Crippen LogP contribution in [0.1, 0.15) is 33.1 Å². The van der Waals surface area contributed by atoms with E-state index in [2.05, 4.69) is 31.3 Å². The molecule has 2 rings (SSSR count). The lowest BCUT2D eigenvalue weighted by Crippen LogP contribution is -2.34. The number of hydrogen-bond donors (Lipinski definition) is 1. The fourth-order valence-electron chi connectivity index (χ4n) is 3.19. The van der Waals surface area contributed by atoms with Crippen LogP contribution in [-0.4, -0.2) is 26.8 Å². The maximum absolute atomic E-state index is 5.16. The van der Waals surface area contributed by atoms with E-state index in [0.717, 1.165) is 37.3 Å². The van der Waals surface area contributed by atoms with Crippen LogP contribution in [0, 0.1) is 23.2 Å². The van der Waals surface area contributed by atoms with Crippen molar-refractivity contribution in [2.24, 2.45) is 23.2 Å². The summed E-state index contributed by atoms with van der Waals surface area (Å²) in [6, 6.07) is 0. The Labute approximate surface area is 106 Å². The molecule has 1 fully saturated rings. The van der Waals surface area contributed by atoms with Crippen molar-refractivity contribution >= 4 is 0 Å². The van der Waals surface area contributed by atoms with Crippen molar-refractivity contribution in [1.29, 1.82) is 0 Å². The first-order valence-electron chi connectivity index (χ1n) is 6.99. The minimum Gasteiger partial charge on any atom is -0.385 e. The Morgan fingerprint density at radius 2 is 2.12 bits per heavy atom. The molecule has 0 aromatic heterocycles. The fourth-order valence-corrected chi connectivity index (χ4v) is 3.19. The molecule has 2 aliphatic carbocycles. The first-order valence-corrected chi connectivity index (χ1v) is 6.99. The van der Waals surface area contributed by atoms with Crippen LogP contribution < -0.4 is 5.32 Å². The van der Waals surface area contributed by atoms with E-state index in [0.29, 0.717) is 5.41 Å². The summed E-state index contributed by atoms with van der Waals surface area (Å²) in [6.45, 7) is 7.81. The van der Waals surface area contributed by atoms with Crippen LogP contribution in [0.25, 0.3) is 0 Å². The zero-order valence-corrected chi connectivity index (χ0v) is 11.5. The van der Waals surface area contributed by atoms with Crippen LogP contribution >= 0.6 is 0 Å². The molecule has 0 heterocycles. The summed E-state index contributed by atoms with van der Waals surface area (Å²) in [6.07, 6.45) is 8.82. The number of fused-ring (bicyclic) bond motifs is 2. The average molecular weight is 237 g/mol. The number of hydrogen-bond acceptors (Lipinski definition) is 2. The molecule has 0 amide bonds. The highest BCUT2D eigenvalue weighted by atomic mass is 16.5. The van der Waals surface area contributed by atoms with Gasteiger partial charge in [-0.2, -0.15) is 0 Å². The van der Waals surface area contributed by atoms with Crippen LogP contribution in [-0.2, 0) is 4.74 Å². The van der Waals surface area contributed by atoms with Crippen molar-refractivity contribution in [3.05, 3.63) is 12.2 Å². The number of methoxy groups -OCH3 is 1. The number of allylic oxidation sites excluding steroid dienone is 2. The van der Waals surface area contributed by atoms with Crippen molar-refractivity contribution in [2.75, 3.05) is 26.8 Å². The van der Waals surface area contributed by atoms with E-state index in [1.165, 1.54) is 19.4 Å². The molecule has 98 valence electrons. The molecule has 2 nitrogen and oxygen atoms in total. The van der Waals surface area contributed by atoms with E-state index >= 15 is 0 Å². The van der Waals surface area contributed by atoms with Crippen molar-refractivity contribution in [1.82, 2.24) is 5.32 Å². The lowest BCUT2D eigenvalue weighted by Gasteiger charge is -2.27. The van der Waals surface area contributed by atoms with E-state index in [-0.39, 0.29) is 0 Å². The molecule has 3 unspecified atom stereocenters. The Morgan fingerprint density at radius 1 is 1.29 bits per heavy atom. The van der Waals surface area contributed by atoms with E-state index in [1.807, 2.05) is 0 Å². The Hall–Kier alpha value is -0.340. The smallest absolute Gasteiger partial charge is 0.0467 e. The predicted octanol–water partition coefficient (Wildman–Crippen LogP) is 2.85. The maximum atomic E-state index is 5.16. The summed E-state index contributed by atoms with van der Waals surface area (Å²) in [5, 5.41) is 3.67. The van der Waals surface area contributed by atoms with E-state index < -0.39 is 0 Å². The van der Waals surface area contributed by atoms with Crippen LogP contribution in [0.5, 0.6) is 0 Å². The highest BCUT2D eigenvalue weighted by molar-refractivity contribution is 5.10. The largest absolute Gasteiger partial charge is 0.385 e. The summed E-state index contributed by atoms with van der Waals surface area (Å²) in [5.41, 5.74) is 0.351. The number of rotatable bonds is 7. The molecule has 0 radical (unpaired) electrons. The third-order valence-corrected chi connectivity index (χ3v) is 4.41. The van der Waals surface area contributed by atoms with Gasteiger partial charge in [-0.25, -0.2) is 0 Å². The zero-order valence-electron chi connectivity index (χ0n) is 11.5. The quantitative estimate of drug-likeness (QED) is 0.688. The van der Waals surface area contributed by atoms with Gasteiger partial charge in [0.1, 0.15) is 0 Å². The Balaban J connectivity index is 1.64. The Kier molecular flexibility index (Phi) is 4.26. The van der Waals surface area contributed by atoms with E-state index in [9.17, 15) is 0 Å². The second-order valence-corrected chi connectivity index (χ2v) is 6.58. The van der Waals surface area contributed by atoms with Gasteiger partial charge in [0.15, 0.2) is 0 Å². The fraction of sp³-hybridized carbons (Fsp3) is 0.867. The van der Waals surface area contributed by atoms with Gasteiger partial charge < -0.3 is 10.1 Å². The summed E-state index contributed by atoms with van der Waals surface area (Å²) in [7, 11) is 1.78. The van der Waals surface area contributed by atoms with Gasteiger partial charge in [-0.15, -0.1) is 0 Å². The van der Waals surface area contributed by atoms with Crippen LogP contribution in [0.3, 0.4) is 0 Å². The molecule has 0 aliphatic heterocycles. The lowest BCUT2D eigenvalue weighted by molar-refractivity contribution is 0.150. The predicted molar refractivity (Wildman–Crippen MR) is 72.0 cm³/mol. The topological polar surface area (TPSA) is 21.3 Å². The van der Waals surface area contributed by atoms with Gasteiger partial charge in [0, 0.05) is 20.3 Å². The molecule has 0 saturated heterocycles. The van der Waals surface area contributed by atoms with Gasteiger partial charge in [0.2, 0.25) is 0 Å². The molecular formula is C15H27NO. The minimum atomic E-state index is 0.351. The van der Waals surface area contributed by atoms with Gasteiger partial charge in [-0.3, -0.25) is 0 Å². The second kappa shape index (κ2) is 5.53. The Bertz CT molecular complexity index is 272. The highest BCUT2D eigenvalue weighted by Gasteiger charge is 2.35. The van der Waals surface area contributed by atoms with Crippen molar-refractivity contribution in [3.63, 3.8) is 0 Å². The second-order valence-electron chi connectivity index (χ2n) is 6.58. The van der Waals surface area contributed by atoms with Gasteiger partial charge in [-0.1, -0.05) is 26.0 Å². The molecular weight excluding hydrogens is 210 g/mol. The molecule has 2 aliphatic rings. The monoisotopic (exact) mass is 237 g/mol. The van der Waals surface area contributed by atoms with Crippen molar-refractivity contribution in [2.45, 2.75) is 33.1 Å². The third kappa shape index (κ3) is 3.56. The number of ether oxygens (including phenoxy) is 1. The highest BCUT2D eigenvalue weighted by Crippen LogP contribution is 2.42. The first-order chi connectivity index (χ1) is 8.11. The zero-order chi connectivity index (χ0) is 12.3. The maximum Gasteiger partial charge on any atom is 0.0467 e. The number of nitrogens with one attached hydrogen (secondary N) is 1. The van der Waals surface area contributed by atoms with Crippen LogP contribution in [0.2, 0.25) is 0 Å². The normalized spacial score (nSPS) is 31.4. The summed E-state index contributed by atoms with van der Waals surface area (Å²) in [4.78, 5) is 0. The van der Waals surface area contributed by atoms with Gasteiger partial charge in [0.05, 0.1) is 0 Å². The van der Waals surface area contributed by atoms with E-state index in [1.54, 1.807) is 7.11 Å².